The summed E-state index contributed by atoms with van der Waals surface area (Å²) in [4.78, 5) is 10.9. The van der Waals surface area contributed by atoms with E-state index < -0.39 is 5.97 Å². The Labute approximate surface area is 110 Å². The number of aromatic carboxylic acids is 1. The van der Waals surface area contributed by atoms with Crippen LogP contribution in [0.15, 0.2) is 42.5 Å². The Balaban J connectivity index is 2.45. The van der Waals surface area contributed by atoms with Gasteiger partial charge < -0.3 is 9.84 Å². The average molecular weight is 263 g/mol. The predicted molar refractivity (Wildman–Crippen MR) is 70.4 cm³/mol. The Bertz CT molecular complexity index is 593. The Morgan fingerprint density at radius 1 is 1.17 bits per heavy atom. The van der Waals surface area contributed by atoms with Gasteiger partial charge in [0.1, 0.15) is 5.75 Å². The minimum atomic E-state index is -0.948. The SMILES string of the molecule is COc1ccc(-c2cccc(C(=O)O)c2)cc1Cl. The molecule has 0 aliphatic carbocycles. The summed E-state index contributed by atoms with van der Waals surface area (Å²) >= 11 is 6.04. The van der Waals surface area contributed by atoms with Crippen LogP contribution in [0.4, 0.5) is 0 Å². The van der Waals surface area contributed by atoms with E-state index in [9.17, 15) is 4.79 Å². The van der Waals surface area contributed by atoms with Gasteiger partial charge in [-0.1, -0.05) is 29.8 Å². The normalized spacial score (nSPS) is 10.1. The molecular formula is C14H11ClO3. The van der Waals surface area contributed by atoms with E-state index in [1.54, 1.807) is 37.4 Å². The molecule has 0 saturated heterocycles. The van der Waals surface area contributed by atoms with Gasteiger partial charge in [0.15, 0.2) is 0 Å². The fourth-order valence-corrected chi connectivity index (χ4v) is 1.94. The van der Waals surface area contributed by atoms with Gasteiger partial charge in [-0.25, -0.2) is 4.79 Å². The van der Waals surface area contributed by atoms with Crippen molar-refractivity contribution >= 4 is 17.6 Å². The molecule has 92 valence electrons. The Kier molecular flexibility index (Phi) is 3.53. The van der Waals surface area contributed by atoms with Gasteiger partial charge in [-0.3, -0.25) is 0 Å². The fraction of sp³-hybridized carbons (Fsp3) is 0.0714. The maximum Gasteiger partial charge on any atom is 0.335 e. The van der Waals surface area contributed by atoms with Crippen LogP contribution in [0.3, 0.4) is 0 Å². The number of halogens is 1. The third-order valence-corrected chi connectivity index (χ3v) is 2.89. The number of ether oxygens (including phenoxy) is 1. The van der Waals surface area contributed by atoms with Crippen LogP contribution in [-0.2, 0) is 0 Å². The van der Waals surface area contributed by atoms with Crippen LogP contribution in [0.25, 0.3) is 11.1 Å². The average Bonchev–Trinajstić information content (AvgIpc) is 2.38. The van der Waals surface area contributed by atoms with E-state index >= 15 is 0 Å². The number of carbonyl (C=O) groups is 1. The van der Waals surface area contributed by atoms with E-state index in [2.05, 4.69) is 0 Å². The summed E-state index contributed by atoms with van der Waals surface area (Å²) in [5, 5.41) is 9.44. The van der Waals surface area contributed by atoms with Crippen molar-refractivity contribution in [1.29, 1.82) is 0 Å². The molecule has 0 fully saturated rings. The van der Waals surface area contributed by atoms with E-state index in [1.807, 2.05) is 12.1 Å². The van der Waals surface area contributed by atoms with Crippen molar-refractivity contribution in [1.82, 2.24) is 0 Å². The molecule has 1 N–H and O–H groups in total. The van der Waals surface area contributed by atoms with Gasteiger partial charge >= 0.3 is 5.97 Å². The predicted octanol–water partition coefficient (Wildman–Crippen LogP) is 3.71. The van der Waals surface area contributed by atoms with Crippen LogP contribution in [0, 0.1) is 0 Å². The molecule has 2 aromatic rings. The monoisotopic (exact) mass is 262 g/mol. The first-order valence-electron chi connectivity index (χ1n) is 5.29. The first-order valence-corrected chi connectivity index (χ1v) is 5.67. The van der Waals surface area contributed by atoms with Gasteiger partial charge in [-0.05, 0) is 35.4 Å². The number of carboxylic acid groups (broad SMARTS) is 1. The van der Waals surface area contributed by atoms with Crippen LogP contribution < -0.4 is 4.74 Å². The second kappa shape index (κ2) is 5.10. The van der Waals surface area contributed by atoms with E-state index in [-0.39, 0.29) is 5.56 Å². The fourth-order valence-electron chi connectivity index (χ4n) is 1.68. The molecule has 0 heterocycles. The first-order chi connectivity index (χ1) is 8.61. The van der Waals surface area contributed by atoms with Crippen molar-refractivity contribution < 1.29 is 14.6 Å². The lowest BCUT2D eigenvalue weighted by Gasteiger charge is -2.07. The third kappa shape index (κ3) is 2.46. The topological polar surface area (TPSA) is 46.5 Å². The first kappa shape index (κ1) is 12.5. The zero-order valence-electron chi connectivity index (χ0n) is 9.68. The van der Waals surface area contributed by atoms with Gasteiger partial charge in [-0.2, -0.15) is 0 Å². The Hall–Kier alpha value is -2.00. The molecule has 0 radical (unpaired) electrons. The van der Waals surface area contributed by atoms with Crippen molar-refractivity contribution in [2.75, 3.05) is 7.11 Å². The number of rotatable bonds is 3. The minimum absolute atomic E-state index is 0.249. The van der Waals surface area contributed by atoms with Crippen molar-refractivity contribution in [3.8, 4) is 16.9 Å². The molecule has 0 saturated carbocycles. The van der Waals surface area contributed by atoms with Gasteiger partial charge in [0, 0.05) is 0 Å². The van der Waals surface area contributed by atoms with Crippen LogP contribution in [-0.4, -0.2) is 18.2 Å². The molecule has 0 aliphatic heterocycles. The molecule has 2 rings (SSSR count). The Morgan fingerprint density at radius 3 is 2.50 bits per heavy atom. The second-order valence-corrected chi connectivity index (χ2v) is 4.14. The van der Waals surface area contributed by atoms with Crippen LogP contribution in [0.1, 0.15) is 10.4 Å². The highest BCUT2D eigenvalue weighted by molar-refractivity contribution is 6.32. The van der Waals surface area contributed by atoms with E-state index in [0.717, 1.165) is 11.1 Å². The summed E-state index contributed by atoms with van der Waals surface area (Å²) < 4.78 is 5.07. The summed E-state index contributed by atoms with van der Waals surface area (Å²) in [5.74, 6) is -0.355. The molecule has 0 unspecified atom stereocenters. The smallest absolute Gasteiger partial charge is 0.335 e. The molecule has 0 aliphatic rings. The van der Waals surface area contributed by atoms with Crippen molar-refractivity contribution in [3.63, 3.8) is 0 Å². The van der Waals surface area contributed by atoms with Gasteiger partial charge in [0.2, 0.25) is 0 Å². The molecule has 18 heavy (non-hydrogen) atoms. The zero-order chi connectivity index (χ0) is 13.1. The molecule has 4 heteroatoms. The molecule has 0 spiro atoms. The summed E-state index contributed by atoms with van der Waals surface area (Å²) in [6.07, 6.45) is 0. The number of benzene rings is 2. The molecule has 0 amide bonds. The zero-order valence-corrected chi connectivity index (χ0v) is 10.4. The number of methoxy groups -OCH3 is 1. The maximum absolute atomic E-state index is 10.9. The van der Waals surface area contributed by atoms with Crippen LogP contribution in [0.2, 0.25) is 5.02 Å². The third-order valence-electron chi connectivity index (χ3n) is 2.59. The number of carboxylic acids is 1. The second-order valence-electron chi connectivity index (χ2n) is 3.74. The van der Waals surface area contributed by atoms with Crippen molar-refractivity contribution in [2.24, 2.45) is 0 Å². The summed E-state index contributed by atoms with van der Waals surface area (Å²) in [6.45, 7) is 0. The molecule has 0 bridgehead atoms. The summed E-state index contributed by atoms with van der Waals surface area (Å²) in [5.41, 5.74) is 1.91. The van der Waals surface area contributed by atoms with Gasteiger partial charge in [0.05, 0.1) is 17.7 Å². The number of hydrogen-bond donors (Lipinski definition) is 1. The minimum Gasteiger partial charge on any atom is -0.495 e. The number of hydrogen-bond acceptors (Lipinski definition) is 2. The molecule has 2 aromatic carbocycles. The molecule has 0 atom stereocenters. The van der Waals surface area contributed by atoms with Gasteiger partial charge in [-0.15, -0.1) is 0 Å². The Morgan fingerprint density at radius 2 is 1.89 bits per heavy atom. The standard InChI is InChI=1S/C14H11ClO3/c1-18-13-6-5-10(8-12(13)15)9-3-2-4-11(7-9)14(16)17/h2-8H,1H3,(H,16,17). The quantitative estimate of drug-likeness (QED) is 0.917. The van der Waals surface area contributed by atoms with E-state index in [0.29, 0.717) is 10.8 Å². The van der Waals surface area contributed by atoms with Crippen LogP contribution in [0.5, 0.6) is 5.75 Å². The highest BCUT2D eigenvalue weighted by Crippen LogP contribution is 2.30. The largest absolute Gasteiger partial charge is 0.495 e. The lowest BCUT2D eigenvalue weighted by Crippen LogP contribution is -1.95. The van der Waals surface area contributed by atoms with Crippen molar-refractivity contribution in [3.05, 3.63) is 53.1 Å². The van der Waals surface area contributed by atoms with E-state index in [1.165, 1.54) is 0 Å². The molecule has 0 aromatic heterocycles. The highest BCUT2D eigenvalue weighted by atomic mass is 35.5. The van der Waals surface area contributed by atoms with Crippen LogP contribution >= 0.6 is 11.6 Å². The maximum atomic E-state index is 10.9. The molecule has 3 nitrogen and oxygen atoms in total. The highest BCUT2D eigenvalue weighted by Gasteiger charge is 2.07. The van der Waals surface area contributed by atoms with Crippen molar-refractivity contribution in [2.45, 2.75) is 0 Å². The van der Waals surface area contributed by atoms with Gasteiger partial charge in [0.25, 0.3) is 0 Å². The lowest BCUT2D eigenvalue weighted by atomic mass is 10.0. The lowest BCUT2D eigenvalue weighted by molar-refractivity contribution is 0.0697. The summed E-state index contributed by atoms with van der Waals surface area (Å²) in [7, 11) is 1.55. The van der Waals surface area contributed by atoms with E-state index in [4.69, 9.17) is 21.4 Å². The molecular weight excluding hydrogens is 252 g/mol. The summed E-state index contributed by atoms with van der Waals surface area (Å²) in [6, 6.07) is 12.1.